The van der Waals surface area contributed by atoms with Gasteiger partial charge in [0.25, 0.3) is 5.91 Å². The van der Waals surface area contributed by atoms with Crippen molar-refractivity contribution < 1.29 is 4.79 Å². The number of nitrogens with zero attached hydrogens (tertiary/aromatic N) is 2. The number of hydrogen-bond donors (Lipinski definition) is 1. The van der Waals surface area contributed by atoms with Crippen LogP contribution >= 0.6 is 0 Å². The molecule has 20 heavy (non-hydrogen) atoms. The number of carbonyl (C=O) groups is 1. The van der Waals surface area contributed by atoms with E-state index < -0.39 is 0 Å². The summed E-state index contributed by atoms with van der Waals surface area (Å²) in [5.41, 5.74) is 7.63. The minimum Gasteiger partial charge on any atom is -0.378 e. The summed E-state index contributed by atoms with van der Waals surface area (Å²) in [5, 5.41) is 0. The van der Waals surface area contributed by atoms with E-state index in [1.165, 1.54) is 0 Å². The molecule has 2 rings (SSSR count). The summed E-state index contributed by atoms with van der Waals surface area (Å²) in [6.45, 7) is 3.57. The monoisotopic (exact) mass is 275 g/mol. The highest BCUT2D eigenvalue weighted by Crippen LogP contribution is 2.23. The summed E-state index contributed by atoms with van der Waals surface area (Å²) >= 11 is 0. The lowest BCUT2D eigenvalue weighted by Gasteiger charge is -2.37. The molecule has 0 radical (unpaired) electrons. The number of benzene rings is 1. The maximum absolute atomic E-state index is 12.6. The van der Waals surface area contributed by atoms with Gasteiger partial charge in [-0.3, -0.25) is 4.79 Å². The van der Waals surface area contributed by atoms with Crippen molar-refractivity contribution in [3.8, 4) is 0 Å². The Hall–Kier alpha value is -1.55. The van der Waals surface area contributed by atoms with Crippen molar-refractivity contribution in [2.75, 3.05) is 32.1 Å². The van der Waals surface area contributed by atoms with E-state index in [0.717, 1.165) is 30.6 Å². The first kappa shape index (κ1) is 14.9. The summed E-state index contributed by atoms with van der Waals surface area (Å²) in [5.74, 6) is 0.567. The zero-order valence-corrected chi connectivity index (χ0v) is 12.7. The predicted molar refractivity (Wildman–Crippen MR) is 83.0 cm³/mol. The third-order valence-electron chi connectivity index (χ3n) is 4.20. The third-order valence-corrected chi connectivity index (χ3v) is 4.20. The van der Waals surface area contributed by atoms with Crippen molar-refractivity contribution >= 4 is 11.6 Å². The number of likely N-dealkylation sites (tertiary alicyclic amines) is 1. The van der Waals surface area contributed by atoms with Crippen LogP contribution in [0.15, 0.2) is 24.3 Å². The van der Waals surface area contributed by atoms with Crippen LogP contribution in [0.1, 0.15) is 30.1 Å². The molecule has 1 fully saturated rings. The van der Waals surface area contributed by atoms with Crippen LogP contribution in [0.4, 0.5) is 5.69 Å². The largest absolute Gasteiger partial charge is 0.378 e. The zero-order chi connectivity index (χ0) is 14.7. The Morgan fingerprint density at radius 2 is 1.95 bits per heavy atom. The van der Waals surface area contributed by atoms with Crippen LogP contribution in [0, 0.1) is 5.92 Å². The molecule has 1 aliphatic rings. The molecular weight excluding hydrogens is 250 g/mol. The lowest BCUT2D eigenvalue weighted by Crippen LogP contribution is -2.47. The minimum atomic E-state index is 0.126. The predicted octanol–water partition coefficient (Wildman–Crippen LogP) is 1.95. The maximum atomic E-state index is 12.6. The fourth-order valence-electron chi connectivity index (χ4n) is 2.73. The normalized spacial score (nSPS) is 22.7. The van der Waals surface area contributed by atoms with Crippen LogP contribution in [0.2, 0.25) is 0 Å². The lowest BCUT2D eigenvalue weighted by atomic mass is 9.93. The molecule has 0 aliphatic carbocycles. The average molecular weight is 275 g/mol. The van der Waals surface area contributed by atoms with E-state index in [1.807, 2.05) is 48.2 Å². The van der Waals surface area contributed by atoms with Gasteiger partial charge in [-0.1, -0.05) is 0 Å². The fraction of sp³-hybridized carbons (Fsp3) is 0.562. The van der Waals surface area contributed by atoms with Crippen LogP contribution in [0.3, 0.4) is 0 Å². The number of amides is 1. The van der Waals surface area contributed by atoms with Gasteiger partial charge in [-0.05, 0) is 56.5 Å². The van der Waals surface area contributed by atoms with Crippen LogP contribution in [0.5, 0.6) is 0 Å². The Balaban J connectivity index is 2.13. The molecule has 2 unspecified atom stereocenters. The van der Waals surface area contributed by atoms with Crippen molar-refractivity contribution in [3.63, 3.8) is 0 Å². The summed E-state index contributed by atoms with van der Waals surface area (Å²) in [4.78, 5) is 16.6. The molecule has 2 atom stereocenters. The topological polar surface area (TPSA) is 49.6 Å². The van der Waals surface area contributed by atoms with E-state index in [4.69, 9.17) is 5.73 Å². The van der Waals surface area contributed by atoms with Crippen molar-refractivity contribution in [3.05, 3.63) is 29.8 Å². The summed E-state index contributed by atoms with van der Waals surface area (Å²) in [6.07, 6.45) is 2.17. The number of anilines is 1. The fourth-order valence-corrected chi connectivity index (χ4v) is 2.73. The number of piperidine rings is 1. The van der Waals surface area contributed by atoms with Crippen molar-refractivity contribution in [1.82, 2.24) is 4.90 Å². The van der Waals surface area contributed by atoms with Crippen LogP contribution < -0.4 is 10.6 Å². The van der Waals surface area contributed by atoms with Crippen molar-refractivity contribution in [2.45, 2.75) is 25.8 Å². The first-order valence-electron chi connectivity index (χ1n) is 7.31. The molecule has 1 aromatic carbocycles. The second-order valence-corrected chi connectivity index (χ2v) is 5.93. The van der Waals surface area contributed by atoms with E-state index in [2.05, 4.69) is 6.92 Å². The van der Waals surface area contributed by atoms with Gasteiger partial charge in [0.1, 0.15) is 0 Å². The molecule has 0 aromatic heterocycles. The Morgan fingerprint density at radius 1 is 1.30 bits per heavy atom. The van der Waals surface area contributed by atoms with Gasteiger partial charge in [-0.25, -0.2) is 0 Å². The van der Waals surface area contributed by atoms with Crippen LogP contribution in [0.25, 0.3) is 0 Å². The molecule has 4 heteroatoms. The highest BCUT2D eigenvalue weighted by molar-refractivity contribution is 5.94. The quantitative estimate of drug-likeness (QED) is 0.917. The molecular formula is C16H25N3O. The molecule has 4 nitrogen and oxygen atoms in total. The van der Waals surface area contributed by atoms with E-state index in [9.17, 15) is 4.79 Å². The highest BCUT2D eigenvalue weighted by Gasteiger charge is 2.28. The van der Waals surface area contributed by atoms with Crippen LogP contribution in [-0.4, -0.2) is 44.0 Å². The standard InChI is InChI=1S/C16H25N3O/c1-12-4-5-13(10-17)11-19(12)16(20)14-6-8-15(9-7-14)18(2)3/h6-9,12-13H,4-5,10-11,17H2,1-3H3. The Kier molecular flexibility index (Phi) is 4.65. The van der Waals surface area contributed by atoms with Crippen molar-refractivity contribution in [1.29, 1.82) is 0 Å². The Morgan fingerprint density at radius 3 is 2.50 bits per heavy atom. The van der Waals surface area contributed by atoms with Gasteiger partial charge in [0.15, 0.2) is 0 Å². The Bertz CT molecular complexity index is 455. The first-order chi connectivity index (χ1) is 9.52. The Labute approximate surface area is 121 Å². The van der Waals surface area contributed by atoms with Gasteiger partial charge in [0.05, 0.1) is 0 Å². The number of hydrogen-bond acceptors (Lipinski definition) is 3. The minimum absolute atomic E-state index is 0.126. The average Bonchev–Trinajstić information content (AvgIpc) is 2.47. The summed E-state index contributed by atoms with van der Waals surface area (Å²) < 4.78 is 0. The SMILES string of the molecule is CC1CCC(CN)CN1C(=O)c1ccc(N(C)C)cc1. The smallest absolute Gasteiger partial charge is 0.254 e. The molecule has 0 spiro atoms. The van der Waals surface area contributed by atoms with Gasteiger partial charge in [0, 0.05) is 37.9 Å². The molecule has 0 saturated carbocycles. The highest BCUT2D eigenvalue weighted by atomic mass is 16.2. The summed E-state index contributed by atoms with van der Waals surface area (Å²) in [7, 11) is 3.99. The van der Waals surface area contributed by atoms with Gasteiger partial charge < -0.3 is 15.5 Å². The molecule has 1 aliphatic heterocycles. The van der Waals surface area contributed by atoms with Gasteiger partial charge in [-0.15, -0.1) is 0 Å². The van der Waals surface area contributed by atoms with E-state index in [0.29, 0.717) is 18.5 Å². The van der Waals surface area contributed by atoms with Crippen molar-refractivity contribution in [2.24, 2.45) is 11.7 Å². The number of carbonyl (C=O) groups excluding carboxylic acids is 1. The molecule has 110 valence electrons. The molecule has 1 heterocycles. The van der Waals surface area contributed by atoms with Gasteiger partial charge in [-0.2, -0.15) is 0 Å². The van der Waals surface area contributed by atoms with E-state index in [-0.39, 0.29) is 5.91 Å². The molecule has 2 N–H and O–H groups in total. The molecule has 1 saturated heterocycles. The molecule has 1 aromatic rings. The number of nitrogens with two attached hydrogens (primary N) is 1. The first-order valence-corrected chi connectivity index (χ1v) is 7.31. The van der Waals surface area contributed by atoms with E-state index >= 15 is 0 Å². The summed E-state index contributed by atoms with van der Waals surface area (Å²) in [6, 6.07) is 8.11. The second kappa shape index (κ2) is 6.27. The molecule has 1 amide bonds. The maximum Gasteiger partial charge on any atom is 0.254 e. The molecule has 0 bridgehead atoms. The lowest BCUT2D eigenvalue weighted by molar-refractivity contribution is 0.0567. The van der Waals surface area contributed by atoms with Gasteiger partial charge in [0.2, 0.25) is 0 Å². The zero-order valence-electron chi connectivity index (χ0n) is 12.7. The van der Waals surface area contributed by atoms with E-state index in [1.54, 1.807) is 0 Å². The second-order valence-electron chi connectivity index (χ2n) is 5.93. The van der Waals surface area contributed by atoms with Crippen LogP contribution in [-0.2, 0) is 0 Å². The van der Waals surface area contributed by atoms with Gasteiger partial charge >= 0.3 is 0 Å². The third kappa shape index (κ3) is 3.12. The number of rotatable bonds is 3.